The van der Waals surface area contributed by atoms with Gasteiger partial charge in [0, 0.05) is 109 Å². The van der Waals surface area contributed by atoms with Crippen molar-refractivity contribution >= 4 is 70.8 Å². The number of amides is 4. The van der Waals surface area contributed by atoms with Gasteiger partial charge >= 0.3 is 29.8 Å². The minimum absolute atomic E-state index is 0.0116. The van der Waals surface area contributed by atoms with E-state index in [9.17, 15) is 93.3 Å². The fourth-order valence-corrected chi connectivity index (χ4v) is 8.69. The van der Waals surface area contributed by atoms with Gasteiger partial charge in [-0.2, -0.15) is 0 Å². The molecule has 2 heterocycles. The van der Waals surface area contributed by atoms with E-state index in [2.05, 4.69) is 31.2 Å². The Balaban J connectivity index is 1.61. The Morgan fingerprint density at radius 1 is 0.562 bits per heavy atom. The zero-order chi connectivity index (χ0) is 59.3. The molecular formula is C51H74N10O19. The number of benzene rings is 1. The van der Waals surface area contributed by atoms with Crippen LogP contribution in [-0.2, 0) is 70.4 Å². The summed E-state index contributed by atoms with van der Waals surface area (Å²) >= 11 is 0. The Morgan fingerprint density at radius 2 is 1.04 bits per heavy atom. The summed E-state index contributed by atoms with van der Waals surface area (Å²) in [5, 5.41) is 76.9. The third-order valence-electron chi connectivity index (χ3n) is 13.1. The summed E-state index contributed by atoms with van der Waals surface area (Å²) in [7, 11) is 0. The van der Waals surface area contributed by atoms with Gasteiger partial charge in [0.05, 0.1) is 70.0 Å². The van der Waals surface area contributed by atoms with Crippen LogP contribution in [0.5, 0.6) is 0 Å². The molecule has 3 rings (SSSR count). The van der Waals surface area contributed by atoms with E-state index in [0.29, 0.717) is 11.3 Å². The molecule has 442 valence electrons. The fraction of sp³-hybridized carbons (Fsp3) is 0.588. The number of rotatable bonds is 35. The molecule has 12 N–H and O–H groups in total. The van der Waals surface area contributed by atoms with Gasteiger partial charge in [-0.1, -0.05) is 30.3 Å². The smallest absolute Gasteiger partial charge is 0.328 e. The maximum absolute atomic E-state index is 13.9. The predicted octanol–water partition coefficient (Wildman–Crippen LogP) is -3.69. The van der Waals surface area contributed by atoms with Crippen molar-refractivity contribution in [2.75, 3.05) is 98.3 Å². The van der Waals surface area contributed by atoms with Crippen molar-refractivity contribution < 1.29 is 93.3 Å². The molecule has 1 aliphatic rings. The van der Waals surface area contributed by atoms with E-state index in [1.807, 2.05) is 0 Å². The highest BCUT2D eigenvalue weighted by Gasteiger charge is 2.34. The van der Waals surface area contributed by atoms with Crippen LogP contribution in [0.4, 0.5) is 0 Å². The Bertz CT molecular complexity index is 2380. The van der Waals surface area contributed by atoms with Gasteiger partial charge in [-0.15, -0.1) is 0 Å². The monoisotopic (exact) mass is 1130 g/mol. The third kappa shape index (κ3) is 25.9. The lowest BCUT2D eigenvalue weighted by atomic mass is 9.90. The lowest BCUT2D eigenvalue weighted by Crippen LogP contribution is -2.50. The first kappa shape index (κ1) is 66.7. The van der Waals surface area contributed by atoms with E-state index in [4.69, 9.17) is 0 Å². The number of carboxylic acid groups (broad SMARTS) is 5. The highest BCUT2D eigenvalue weighted by molar-refractivity contribution is 5.97. The lowest BCUT2D eigenvalue weighted by Gasteiger charge is -2.32. The van der Waals surface area contributed by atoms with Crippen LogP contribution in [0.2, 0.25) is 0 Å². The van der Waals surface area contributed by atoms with E-state index in [1.54, 1.807) is 49.9 Å². The summed E-state index contributed by atoms with van der Waals surface area (Å²) < 4.78 is 0. The molecule has 0 saturated carbocycles. The Hall–Kier alpha value is -7.57. The Morgan fingerprint density at radius 3 is 1.50 bits per heavy atom. The molecular weight excluding hydrogens is 1060 g/mol. The molecule has 0 spiro atoms. The van der Waals surface area contributed by atoms with Gasteiger partial charge < -0.3 is 62.0 Å². The normalized spacial score (nSPS) is 16.4. The van der Waals surface area contributed by atoms with Gasteiger partial charge in [0.1, 0.15) is 17.9 Å². The average molecular weight is 1130 g/mol. The standard InChI is InChI=1S/C51H74N10O19/c1-32(41(65)21-35(19-37-24-52-31-54-37)50(78)56-39(29-62)42(66)22-34(18-33-6-3-2-4-7-33)49(77)57-40(30-63)51(79)80)55-48(76)36(23-44(68)69)20-38(64)8-5-9-53-43(67)25-58-10-12-59(26-45(70)71)14-16-61(28-47(74)75)17-15-60(13-11-58)27-46(72)73/h2-4,6-7,24,31-32,34-36,39-40,62-63H,5,8-23,25-30H2,1H3,(H,52,54)(H,53,67)(H,55,76)(H,56,78)(H,57,77)(H,68,69)(H,70,71)(H,72,73)(H,74,75)(H,79,80)/t32-,34+,35+,36-,39-,40-/m0/s1. The van der Waals surface area contributed by atoms with Crippen molar-refractivity contribution in [3.63, 3.8) is 0 Å². The fourth-order valence-electron chi connectivity index (χ4n) is 8.69. The number of nitrogens with one attached hydrogen (secondary N) is 5. The highest BCUT2D eigenvalue weighted by atomic mass is 16.4. The minimum atomic E-state index is -1.68. The zero-order valence-corrected chi connectivity index (χ0v) is 44.5. The largest absolute Gasteiger partial charge is 0.481 e. The van der Waals surface area contributed by atoms with E-state index in [0.717, 1.165) is 0 Å². The summed E-state index contributed by atoms with van der Waals surface area (Å²) in [6.45, 7) is -0.304. The second kappa shape index (κ2) is 35.1. The number of aliphatic carboxylic acids is 5. The number of aliphatic hydroxyl groups excluding tert-OH is 2. The maximum Gasteiger partial charge on any atom is 0.328 e. The molecule has 1 aliphatic heterocycles. The molecule has 0 radical (unpaired) electrons. The first-order valence-corrected chi connectivity index (χ1v) is 25.9. The molecule has 29 heteroatoms. The SMILES string of the molecule is C[C@H](NC(=O)[C@H](CC(=O)O)CC(=O)CCCNC(=O)CN1CCN(CC(=O)O)CCN(CC(=O)O)CCN(CC(=O)O)CC1)C(=O)C[C@@H](Cc1cnc[nH]1)C(=O)N[C@@H](CO)C(=O)C[C@@H](Cc1ccccc1)C(=O)N[C@@H](CO)C(=O)O. The second-order valence-electron chi connectivity index (χ2n) is 19.5. The second-order valence-corrected chi connectivity index (χ2v) is 19.5. The van der Waals surface area contributed by atoms with Crippen LogP contribution in [0, 0.1) is 17.8 Å². The first-order chi connectivity index (χ1) is 38.0. The van der Waals surface area contributed by atoms with Crippen molar-refractivity contribution in [1.82, 2.24) is 50.8 Å². The summed E-state index contributed by atoms with van der Waals surface area (Å²) in [4.78, 5) is 166. The molecule has 1 aromatic carbocycles. The number of aromatic nitrogens is 2. The molecule has 0 unspecified atom stereocenters. The quantitative estimate of drug-likeness (QED) is 0.0296. The van der Waals surface area contributed by atoms with Gasteiger partial charge in [-0.25, -0.2) is 9.78 Å². The van der Waals surface area contributed by atoms with Gasteiger partial charge in [-0.3, -0.25) is 72.3 Å². The number of carbonyl (C=O) groups excluding carboxylic acids is 7. The average Bonchev–Trinajstić information content (AvgIpc) is 3.91. The van der Waals surface area contributed by atoms with Crippen LogP contribution in [0.25, 0.3) is 0 Å². The molecule has 0 bridgehead atoms. The molecule has 80 heavy (non-hydrogen) atoms. The molecule has 1 fully saturated rings. The molecule has 29 nitrogen and oxygen atoms in total. The molecule has 1 saturated heterocycles. The number of aliphatic hydroxyl groups is 2. The number of nitrogens with zero attached hydrogens (tertiary/aromatic N) is 5. The summed E-state index contributed by atoms with van der Waals surface area (Å²) in [5.41, 5.74) is 0.979. The number of ketones is 3. The number of hydrogen-bond acceptors (Lipinski definition) is 19. The minimum Gasteiger partial charge on any atom is -0.481 e. The number of carboxylic acids is 5. The zero-order valence-electron chi connectivity index (χ0n) is 44.5. The molecule has 0 aliphatic carbocycles. The van der Waals surface area contributed by atoms with Crippen LogP contribution < -0.4 is 21.3 Å². The van der Waals surface area contributed by atoms with Crippen molar-refractivity contribution in [3.8, 4) is 0 Å². The van der Waals surface area contributed by atoms with Gasteiger partial charge in [0.25, 0.3) is 0 Å². The summed E-state index contributed by atoms with van der Waals surface area (Å²) in [6, 6.07) is 3.77. The van der Waals surface area contributed by atoms with Crippen LogP contribution in [0.1, 0.15) is 56.7 Å². The number of hydrogen-bond donors (Lipinski definition) is 12. The predicted molar refractivity (Wildman–Crippen MR) is 278 cm³/mol. The Labute approximate surface area is 460 Å². The highest BCUT2D eigenvalue weighted by Crippen LogP contribution is 2.19. The first-order valence-electron chi connectivity index (χ1n) is 25.9. The van der Waals surface area contributed by atoms with E-state index in [-0.39, 0.29) is 111 Å². The van der Waals surface area contributed by atoms with Gasteiger partial charge in [0.2, 0.25) is 23.6 Å². The number of H-pyrrole nitrogens is 1. The third-order valence-corrected chi connectivity index (χ3v) is 13.1. The van der Waals surface area contributed by atoms with Gasteiger partial charge in [0.15, 0.2) is 11.6 Å². The van der Waals surface area contributed by atoms with E-state index >= 15 is 0 Å². The number of imidazole rings is 1. The van der Waals surface area contributed by atoms with E-state index in [1.165, 1.54) is 19.4 Å². The summed E-state index contributed by atoms with van der Waals surface area (Å²) in [5.74, 6) is -15.5. The summed E-state index contributed by atoms with van der Waals surface area (Å²) in [6.07, 6.45) is -0.144. The lowest BCUT2D eigenvalue weighted by molar-refractivity contribution is -0.144. The van der Waals surface area contributed by atoms with Crippen LogP contribution in [0.15, 0.2) is 42.9 Å². The Kier molecular flexibility index (Phi) is 29.3. The van der Waals surface area contributed by atoms with E-state index < -0.39 is 146 Å². The van der Waals surface area contributed by atoms with Crippen molar-refractivity contribution in [3.05, 3.63) is 54.1 Å². The van der Waals surface area contributed by atoms with Crippen LogP contribution >= 0.6 is 0 Å². The van der Waals surface area contributed by atoms with Crippen LogP contribution in [0.3, 0.4) is 0 Å². The molecule has 4 amide bonds. The molecule has 6 atom stereocenters. The van der Waals surface area contributed by atoms with Crippen molar-refractivity contribution in [2.24, 2.45) is 17.8 Å². The van der Waals surface area contributed by atoms with Crippen molar-refractivity contribution in [1.29, 1.82) is 0 Å². The topological polar surface area (TPSA) is 436 Å². The number of aromatic amines is 1. The van der Waals surface area contributed by atoms with Crippen molar-refractivity contribution in [2.45, 2.75) is 76.4 Å². The van der Waals surface area contributed by atoms with Gasteiger partial charge in [-0.05, 0) is 25.3 Å². The molecule has 1 aromatic heterocycles. The van der Waals surface area contributed by atoms with Crippen LogP contribution in [-0.4, -0.2) is 253 Å². The number of carbonyl (C=O) groups is 12. The number of Topliss-reactive ketones (excluding diaryl/α,β-unsaturated/α-hetero) is 3. The molecule has 2 aromatic rings. The maximum atomic E-state index is 13.9.